The molecule has 4 atom stereocenters. The van der Waals surface area contributed by atoms with Crippen molar-refractivity contribution in [2.24, 2.45) is 16.9 Å². The number of rotatable bonds is 3. The molecule has 0 N–H and O–H groups in total. The van der Waals surface area contributed by atoms with E-state index < -0.39 is 28.6 Å². The third-order valence-corrected chi connectivity index (χ3v) is 5.68. The number of benzene rings is 1. The van der Waals surface area contributed by atoms with E-state index in [2.05, 4.69) is 5.10 Å². The van der Waals surface area contributed by atoms with Crippen molar-refractivity contribution in [3.05, 3.63) is 42.5 Å². The quantitative estimate of drug-likeness (QED) is 0.364. The molecule has 2 amide bonds. The number of isocyanates is 1. The van der Waals surface area contributed by atoms with Gasteiger partial charge in [0.05, 0.1) is 5.92 Å². The van der Waals surface area contributed by atoms with Gasteiger partial charge in [-0.15, -0.1) is 11.8 Å². The van der Waals surface area contributed by atoms with Gasteiger partial charge in [0, 0.05) is 5.25 Å². The molecule has 110 valence electrons. The van der Waals surface area contributed by atoms with Crippen molar-refractivity contribution >= 4 is 29.7 Å². The second-order valence-electron chi connectivity index (χ2n) is 5.26. The molecule has 2 saturated heterocycles. The van der Waals surface area contributed by atoms with Gasteiger partial charge >= 0.3 is 0 Å². The molecular weight excluding hydrogens is 304 g/mol. The van der Waals surface area contributed by atoms with Gasteiger partial charge in [0.25, 0.3) is 17.9 Å². The van der Waals surface area contributed by atoms with Gasteiger partial charge in [0.15, 0.2) is 4.93 Å². The molecule has 4 rings (SSSR count). The van der Waals surface area contributed by atoms with E-state index in [1.165, 1.54) is 17.8 Å². The average Bonchev–Trinajstić information content (AvgIpc) is 3.14. The highest BCUT2D eigenvalue weighted by atomic mass is 32.2. The number of carbonyl (C=O) groups excluding carboxylic acids is 3. The first-order valence-corrected chi connectivity index (χ1v) is 7.61. The molecule has 0 radical (unpaired) electrons. The number of carbonyl (C=O) groups is 2. The number of hydrogen-bond acceptors (Lipinski definition) is 6. The van der Waals surface area contributed by atoms with Crippen molar-refractivity contribution in [1.82, 2.24) is 5.01 Å². The van der Waals surface area contributed by atoms with Crippen LogP contribution >= 0.6 is 11.8 Å². The van der Waals surface area contributed by atoms with E-state index in [4.69, 9.17) is 4.74 Å². The summed E-state index contributed by atoms with van der Waals surface area (Å²) in [5.74, 6) is -1.55. The minimum absolute atomic E-state index is 0.142. The van der Waals surface area contributed by atoms with Gasteiger partial charge in [-0.25, -0.2) is 4.79 Å². The van der Waals surface area contributed by atoms with Crippen molar-refractivity contribution in [1.29, 1.82) is 0 Å². The molecule has 0 aliphatic carbocycles. The minimum Gasteiger partial charge on any atom is -0.472 e. The predicted molar refractivity (Wildman–Crippen MR) is 77.3 cm³/mol. The van der Waals surface area contributed by atoms with Crippen LogP contribution in [0.5, 0.6) is 5.75 Å². The fourth-order valence-corrected chi connectivity index (χ4v) is 4.95. The second kappa shape index (κ2) is 4.56. The van der Waals surface area contributed by atoms with Crippen molar-refractivity contribution in [3.8, 4) is 5.75 Å². The van der Waals surface area contributed by atoms with Crippen LogP contribution in [0, 0.1) is 11.8 Å². The number of imide groups is 1. The highest BCUT2D eigenvalue weighted by molar-refractivity contribution is 8.02. The Bertz CT molecular complexity index is 743. The molecule has 3 aliphatic heterocycles. The number of hydrazone groups is 1. The predicted octanol–water partition coefficient (Wildman–Crippen LogP) is 1.30. The lowest BCUT2D eigenvalue weighted by atomic mass is 9.83. The van der Waals surface area contributed by atoms with Crippen molar-refractivity contribution in [2.75, 3.05) is 0 Å². The van der Waals surface area contributed by atoms with E-state index in [0.29, 0.717) is 10.8 Å². The van der Waals surface area contributed by atoms with E-state index in [-0.39, 0.29) is 5.25 Å². The monoisotopic (exact) mass is 314 g/mol. The summed E-state index contributed by atoms with van der Waals surface area (Å²) in [5.41, 5.74) is 0. The zero-order chi connectivity index (χ0) is 15.3. The first kappa shape index (κ1) is 13.3. The van der Waals surface area contributed by atoms with Crippen LogP contribution in [-0.4, -0.2) is 33.1 Å². The van der Waals surface area contributed by atoms with Gasteiger partial charge < -0.3 is 4.74 Å². The van der Waals surface area contributed by atoms with Crippen LogP contribution in [0.15, 0.2) is 47.6 Å². The molecule has 1 aromatic rings. The van der Waals surface area contributed by atoms with E-state index in [1.54, 1.807) is 12.1 Å². The van der Waals surface area contributed by atoms with Crippen molar-refractivity contribution in [2.45, 2.75) is 10.2 Å². The van der Waals surface area contributed by atoms with E-state index in [0.717, 1.165) is 0 Å². The van der Waals surface area contributed by atoms with Gasteiger partial charge in [-0.2, -0.15) is 5.01 Å². The number of para-hydroxylation sites is 1. The molecule has 0 saturated carbocycles. The Morgan fingerprint density at radius 3 is 2.73 bits per heavy atom. The molecule has 6 nitrogen and oxygen atoms in total. The third-order valence-electron chi connectivity index (χ3n) is 4.12. The number of fused-ring (bicyclic) bond motifs is 5. The van der Waals surface area contributed by atoms with Crippen LogP contribution in [0.3, 0.4) is 0 Å². The van der Waals surface area contributed by atoms with Gasteiger partial charge in [-0.3, -0.25) is 9.59 Å². The number of hydrogen-bond donors (Lipinski definition) is 0. The molecule has 1 aromatic carbocycles. The second-order valence-corrected chi connectivity index (χ2v) is 6.68. The first-order chi connectivity index (χ1) is 10.7. The molecule has 3 aliphatic rings. The first-order valence-electron chi connectivity index (χ1n) is 6.73. The largest absolute Gasteiger partial charge is 0.472 e. The Morgan fingerprint density at radius 1 is 1.23 bits per heavy atom. The Labute approximate surface area is 129 Å². The maximum Gasteiger partial charge on any atom is 0.259 e. The average molecular weight is 314 g/mol. The lowest BCUT2D eigenvalue weighted by Crippen LogP contribution is -2.41. The SMILES string of the molecule is O=C=NN1C(=O)C2C3C=CC(Oc4ccccc4)(S3)C2C1=O. The summed E-state index contributed by atoms with van der Waals surface area (Å²) < 4.78 is 6.05. The van der Waals surface area contributed by atoms with E-state index >= 15 is 0 Å². The third kappa shape index (κ3) is 1.63. The number of nitrogens with zero attached hydrogens (tertiary/aromatic N) is 2. The lowest BCUT2D eigenvalue weighted by Gasteiger charge is -2.29. The summed E-state index contributed by atoms with van der Waals surface area (Å²) in [6, 6.07) is 9.14. The van der Waals surface area contributed by atoms with Gasteiger partial charge in [0.2, 0.25) is 0 Å². The fourth-order valence-electron chi connectivity index (χ4n) is 3.25. The van der Waals surface area contributed by atoms with Crippen LogP contribution in [0.25, 0.3) is 0 Å². The highest BCUT2D eigenvalue weighted by Gasteiger charge is 2.69. The Hall–Kier alpha value is -2.37. The zero-order valence-corrected chi connectivity index (χ0v) is 12.0. The van der Waals surface area contributed by atoms with E-state index in [9.17, 15) is 14.4 Å². The van der Waals surface area contributed by atoms with Gasteiger partial charge in [-0.05, 0) is 18.2 Å². The maximum atomic E-state index is 12.5. The molecule has 22 heavy (non-hydrogen) atoms. The summed E-state index contributed by atoms with van der Waals surface area (Å²) in [7, 11) is 0. The summed E-state index contributed by atoms with van der Waals surface area (Å²) in [4.78, 5) is 34.3. The molecule has 2 bridgehead atoms. The van der Waals surface area contributed by atoms with E-state index in [1.807, 2.05) is 30.4 Å². The number of amides is 2. The highest BCUT2D eigenvalue weighted by Crippen LogP contribution is 2.60. The molecule has 4 unspecified atom stereocenters. The molecule has 0 aromatic heterocycles. The fraction of sp³-hybridized carbons (Fsp3) is 0.267. The summed E-state index contributed by atoms with van der Waals surface area (Å²) >= 11 is 1.45. The van der Waals surface area contributed by atoms with Crippen LogP contribution in [0.4, 0.5) is 0 Å². The lowest BCUT2D eigenvalue weighted by molar-refractivity contribution is -0.140. The molecule has 2 fully saturated rings. The Morgan fingerprint density at radius 2 is 2.00 bits per heavy atom. The normalized spacial score (nSPS) is 34.7. The zero-order valence-electron chi connectivity index (χ0n) is 11.2. The van der Waals surface area contributed by atoms with Crippen molar-refractivity contribution < 1.29 is 19.1 Å². The molecular formula is C15H10N2O4S. The Balaban J connectivity index is 1.73. The summed E-state index contributed by atoms with van der Waals surface area (Å²) in [5, 5.41) is 3.73. The standard InChI is InChI=1S/C15H10N2O4S/c18-8-16-17-13(19)11-10-6-7-15(22-10,12(11)14(17)20)21-9-4-2-1-3-5-9/h1-7,10-12H. The van der Waals surface area contributed by atoms with Crippen LogP contribution in [0.1, 0.15) is 0 Å². The number of ether oxygens (including phenoxy) is 1. The summed E-state index contributed by atoms with van der Waals surface area (Å²) in [6.45, 7) is 0. The maximum absolute atomic E-state index is 12.5. The number of thioether (sulfide) groups is 1. The van der Waals surface area contributed by atoms with Gasteiger partial charge in [0.1, 0.15) is 11.7 Å². The van der Waals surface area contributed by atoms with Crippen molar-refractivity contribution in [3.63, 3.8) is 0 Å². The Kier molecular flexibility index (Phi) is 2.76. The smallest absolute Gasteiger partial charge is 0.259 e. The summed E-state index contributed by atoms with van der Waals surface area (Å²) in [6.07, 6.45) is 4.98. The van der Waals surface area contributed by atoms with Crippen LogP contribution in [0.2, 0.25) is 0 Å². The molecule has 7 heteroatoms. The molecule has 0 spiro atoms. The van der Waals surface area contributed by atoms with Crippen LogP contribution in [-0.2, 0) is 14.4 Å². The van der Waals surface area contributed by atoms with Gasteiger partial charge in [-0.1, -0.05) is 29.4 Å². The minimum atomic E-state index is -0.920. The van der Waals surface area contributed by atoms with Crippen LogP contribution < -0.4 is 4.74 Å². The topological polar surface area (TPSA) is 76.0 Å². The molecule has 3 heterocycles.